The number of nitrogens with zero attached hydrogens (tertiary/aromatic N) is 3. The molecular weight excluding hydrogens is 260 g/mol. The normalized spacial score (nSPS) is 18.1. The Morgan fingerprint density at radius 1 is 1.32 bits per heavy atom. The van der Waals surface area contributed by atoms with E-state index in [1.165, 1.54) is 0 Å². The second-order valence-corrected chi connectivity index (χ2v) is 6.25. The van der Waals surface area contributed by atoms with Crippen LogP contribution in [0.4, 0.5) is 0 Å². The second kappa shape index (κ2) is 4.68. The summed E-state index contributed by atoms with van der Waals surface area (Å²) in [5.74, 6) is 1.20. The van der Waals surface area contributed by atoms with Crippen molar-refractivity contribution in [1.29, 1.82) is 0 Å². The smallest absolute Gasteiger partial charge is 0.269 e. The third kappa shape index (κ3) is 2.19. The van der Waals surface area contributed by atoms with Gasteiger partial charge in [0.05, 0.1) is 16.2 Å². The lowest BCUT2D eigenvalue weighted by atomic mass is 9.99. The lowest BCUT2D eigenvalue weighted by molar-refractivity contribution is 0.373. The molecule has 0 aliphatic heterocycles. The fourth-order valence-corrected chi connectivity index (χ4v) is 3.48. The van der Waals surface area contributed by atoms with E-state index < -0.39 is 5.54 Å². The highest BCUT2D eigenvalue weighted by Gasteiger charge is 2.36. The van der Waals surface area contributed by atoms with E-state index in [-0.39, 0.29) is 0 Å². The lowest BCUT2D eigenvalue weighted by Gasteiger charge is -2.17. The van der Waals surface area contributed by atoms with Crippen LogP contribution < -0.4 is 5.73 Å². The molecule has 2 aromatic rings. The zero-order valence-corrected chi connectivity index (χ0v) is 12.1. The van der Waals surface area contributed by atoms with Gasteiger partial charge in [-0.25, -0.2) is 4.98 Å². The Balaban J connectivity index is 1.94. The van der Waals surface area contributed by atoms with Gasteiger partial charge in [0, 0.05) is 0 Å². The number of hydrogen-bond donors (Lipinski definition) is 1. The van der Waals surface area contributed by atoms with Gasteiger partial charge in [0.2, 0.25) is 0 Å². The minimum Gasteiger partial charge on any atom is -0.333 e. The van der Waals surface area contributed by atoms with E-state index in [0.29, 0.717) is 11.7 Å². The second-order valence-electron chi connectivity index (χ2n) is 5.16. The average molecular weight is 278 g/mol. The molecule has 1 fully saturated rings. The predicted molar refractivity (Wildman–Crippen MR) is 73.9 cm³/mol. The largest absolute Gasteiger partial charge is 0.333 e. The molecule has 102 valence electrons. The van der Waals surface area contributed by atoms with E-state index in [0.717, 1.165) is 47.7 Å². The molecule has 2 aromatic heterocycles. The zero-order valence-electron chi connectivity index (χ0n) is 11.3. The van der Waals surface area contributed by atoms with Crippen LogP contribution in [-0.4, -0.2) is 15.1 Å². The van der Waals surface area contributed by atoms with Crippen LogP contribution in [0.3, 0.4) is 0 Å². The summed E-state index contributed by atoms with van der Waals surface area (Å²) < 4.78 is 5.40. The van der Waals surface area contributed by atoms with Crippen molar-refractivity contribution >= 4 is 11.3 Å². The van der Waals surface area contributed by atoms with Crippen molar-refractivity contribution < 1.29 is 4.52 Å². The molecule has 19 heavy (non-hydrogen) atoms. The first kappa shape index (κ1) is 12.7. The van der Waals surface area contributed by atoms with Crippen molar-refractivity contribution in [2.75, 3.05) is 0 Å². The van der Waals surface area contributed by atoms with Gasteiger partial charge in [-0.1, -0.05) is 24.9 Å². The summed E-state index contributed by atoms with van der Waals surface area (Å²) in [5.41, 5.74) is 6.90. The van der Waals surface area contributed by atoms with Gasteiger partial charge in [0.1, 0.15) is 4.88 Å². The summed E-state index contributed by atoms with van der Waals surface area (Å²) in [6.45, 7) is 4.07. The maximum absolute atomic E-state index is 6.34. The van der Waals surface area contributed by atoms with E-state index in [2.05, 4.69) is 22.0 Å². The summed E-state index contributed by atoms with van der Waals surface area (Å²) in [5, 5.41) is 5.18. The SMILES string of the molecule is CCc1nc(C)c(-c2nc(C3(N)CCCC3)no2)s1. The molecule has 0 spiro atoms. The van der Waals surface area contributed by atoms with Gasteiger partial charge in [-0.3, -0.25) is 0 Å². The Hall–Kier alpha value is -1.27. The topological polar surface area (TPSA) is 77.8 Å². The minimum absolute atomic E-state index is 0.395. The standard InChI is InChI=1S/C13H18N4OS/c1-3-9-15-8(2)10(19-9)11-16-12(17-18-11)13(14)6-4-5-7-13/h3-7,14H2,1-2H3. The van der Waals surface area contributed by atoms with E-state index in [4.69, 9.17) is 10.3 Å². The molecule has 0 bridgehead atoms. The Morgan fingerprint density at radius 2 is 2.05 bits per heavy atom. The molecule has 6 heteroatoms. The molecule has 1 aliphatic rings. The Kier molecular flexibility index (Phi) is 3.14. The molecule has 0 atom stereocenters. The van der Waals surface area contributed by atoms with E-state index >= 15 is 0 Å². The highest BCUT2D eigenvalue weighted by Crippen LogP contribution is 2.36. The van der Waals surface area contributed by atoms with Crippen LogP contribution in [0.5, 0.6) is 0 Å². The number of aryl methyl sites for hydroxylation is 2. The fourth-order valence-electron chi connectivity index (χ4n) is 2.55. The highest BCUT2D eigenvalue weighted by molar-refractivity contribution is 7.15. The quantitative estimate of drug-likeness (QED) is 0.934. The van der Waals surface area contributed by atoms with Crippen molar-refractivity contribution in [2.24, 2.45) is 5.73 Å². The zero-order chi connectivity index (χ0) is 13.5. The first-order valence-electron chi connectivity index (χ1n) is 6.72. The van der Waals surface area contributed by atoms with Crippen LogP contribution in [0.2, 0.25) is 0 Å². The number of hydrogen-bond acceptors (Lipinski definition) is 6. The monoisotopic (exact) mass is 278 g/mol. The summed E-state index contributed by atoms with van der Waals surface area (Å²) in [6.07, 6.45) is 5.08. The number of aromatic nitrogens is 3. The van der Waals surface area contributed by atoms with Crippen LogP contribution in [-0.2, 0) is 12.0 Å². The van der Waals surface area contributed by atoms with Gasteiger partial charge in [-0.05, 0) is 26.2 Å². The molecule has 0 aromatic carbocycles. The molecule has 0 saturated heterocycles. The van der Waals surface area contributed by atoms with Crippen LogP contribution in [0.1, 0.15) is 49.1 Å². The molecule has 5 nitrogen and oxygen atoms in total. The average Bonchev–Trinajstić information content (AvgIpc) is 3.08. The molecule has 0 unspecified atom stereocenters. The van der Waals surface area contributed by atoms with Crippen molar-refractivity contribution in [1.82, 2.24) is 15.1 Å². The van der Waals surface area contributed by atoms with Gasteiger partial charge in [-0.2, -0.15) is 4.98 Å². The maximum Gasteiger partial charge on any atom is 0.269 e. The molecule has 0 amide bonds. The van der Waals surface area contributed by atoms with Crippen LogP contribution in [0, 0.1) is 6.92 Å². The van der Waals surface area contributed by atoms with Crippen molar-refractivity contribution in [2.45, 2.75) is 51.5 Å². The summed E-state index contributed by atoms with van der Waals surface area (Å²) in [6, 6.07) is 0. The number of thiazole rings is 1. The van der Waals surface area contributed by atoms with Gasteiger partial charge in [0.25, 0.3) is 5.89 Å². The van der Waals surface area contributed by atoms with E-state index in [9.17, 15) is 0 Å². The van der Waals surface area contributed by atoms with Crippen molar-refractivity contribution in [3.8, 4) is 10.8 Å². The highest BCUT2D eigenvalue weighted by atomic mass is 32.1. The van der Waals surface area contributed by atoms with Gasteiger partial charge in [-0.15, -0.1) is 11.3 Å². The molecule has 1 saturated carbocycles. The lowest BCUT2D eigenvalue weighted by Crippen LogP contribution is -2.34. The van der Waals surface area contributed by atoms with Crippen LogP contribution >= 0.6 is 11.3 Å². The van der Waals surface area contributed by atoms with Crippen LogP contribution in [0.25, 0.3) is 10.8 Å². The Morgan fingerprint density at radius 3 is 2.68 bits per heavy atom. The molecule has 2 N–H and O–H groups in total. The summed E-state index contributed by atoms with van der Waals surface area (Å²) in [4.78, 5) is 9.97. The maximum atomic E-state index is 6.34. The summed E-state index contributed by atoms with van der Waals surface area (Å²) >= 11 is 1.62. The number of nitrogens with two attached hydrogens (primary N) is 1. The fraction of sp³-hybridized carbons (Fsp3) is 0.615. The first-order chi connectivity index (χ1) is 9.12. The summed E-state index contributed by atoms with van der Waals surface area (Å²) in [7, 11) is 0. The van der Waals surface area contributed by atoms with Crippen molar-refractivity contribution in [3.63, 3.8) is 0 Å². The first-order valence-corrected chi connectivity index (χ1v) is 7.54. The van der Waals surface area contributed by atoms with Gasteiger partial charge in [0.15, 0.2) is 5.82 Å². The molecule has 0 radical (unpaired) electrons. The Bertz CT molecular complexity index is 583. The molecule has 3 rings (SSSR count). The third-order valence-electron chi connectivity index (χ3n) is 3.70. The van der Waals surface area contributed by atoms with E-state index in [1.807, 2.05) is 6.92 Å². The molecule has 1 aliphatic carbocycles. The molecular formula is C13H18N4OS. The minimum atomic E-state index is -0.395. The predicted octanol–water partition coefficient (Wildman–Crippen LogP) is 2.79. The van der Waals surface area contributed by atoms with Gasteiger partial charge < -0.3 is 10.3 Å². The van der Waals surface area contributed by atoms with E-state index in [1.54, 1.807) is 11.3 Å². The molecule has 2 heterocycles. The van der Waals surface area contributed by atoms with Gasteiger partial charge >= 0.3 is 0 Å². The third-order valence-corrected chi connectivity index (χ3v) is 4.99. The Labute approximate surface area is 116 Å². The van der Waals surface area contributed by atoms with Crippen molar-refractivity contribution in [3.05, 3.63) is 16.5 Å². The van der Waals surface area contributed by atoms with Crippen LogP contribution in [0.15, 0.2) is 4.52 Å². The number of rotatable bonds is 3.